The van der Waals surface area contributed by atoms with Gasteiger partial charge in [-0.3, -0.25) is 0 Å². The minimum atomic E-state index is -0.410. The zero-order chi connectivity index (χ0) is 13.6. The molecular weight excluding hydrogens is 242 g/mol. The van der Waals surface area contributed by atoms with Gasteiger partial charge >= 0.3 is 6.09 Å². The van der Waals surface area contributed by atoms with Gasteiger partial charge < -0.3 is 21.1 Å². The molecule has 1 amide bonds. The normalized spacial score (nSPS) is 17.7. The highest BCUT2D eigenvalue weighted by Gasteiger charge is 2.27. The van der Waals surface area contributed by atoms with Crippen molar-refractivity contribution in [1.29, 1.82) is 0 Å². The highest BCUT2D eigenvalue weighted by atomic mass is 16.5. The second-order valence-corrected chi connectivity index (χ2v) is 5.03. The number of nitrogens with one attached hydrogen (secondary N) is 2. The van der Waals surface area contributed by atoms with Crippen molar-refractivity contribution in [2.24, 2.45) is 5.73 Å². The van der Waals surface area contributed by atoms with Crippen molar-refractivity contribution >= 4 is 6.09 Å². The summed E-state index contributed by atoms with van der Waals surface area (Å²) in [7, 11) is 0. The van der Waals surface area contributed by atoms with Crippen molar-refractivity contribution in [3.05, 3.63) is 35.9 Å². The number of nitrogens with two attached hydrogens (primary N) is 1. The largest absolute Gasteiger partial charge is 0.445 e. The average molecular weight is 263 g/mol. The van der Waals surface area contributed by atoms with Gasteiger partial charge in [0.2, 0.25) is 0 Å². The van der Waals surface area contributed by atoms with Gasteiger partial charge in [-0.2, -0.15) is 0 Å². The molecule has 0 aliphatic carbocycles. The lowest BCUT2D eigenvalue weighted by Gasteiger charge is -2.33. The van der Waals surface area contributed by atoms with Crippen LogP contribution >= 0.6 is 0 Å². The summed E-state index contributed by atoms with van der Waals surface area (Å²) in [5.41, 5.74) is 6.87. The van der Waals surface area contributed by atoms with E-state index in [4.69, 9.17) is 10.5 Å². The molecule has 2 rings (SSSR count). The maximum atomic E-state index is 11.6. The zero-order valence-corrected chi connectivity index (χ0v) is 11.0. The summed E-state index contributed by atoms with van der Waals surface area (Å²) in [5.74, 6) is 0. The first-order valence-corrected chi connectivity index (χ1v) is 6.62. The molecular formula is C14H21N3O2. The Labute approximate surface area is 113 Å². The Morgan fingerprint density at radius 3 is 2.68 bits per heavy atom. The molecule has 0 spiro atoms. The molecule has 0 saturated carbocycles. The fraction of sp³-hybridized carbons (Fsp3) is 0.500. The van der Waals surface area contributed by atoms with Crippen LogP contribution in [0.3, 0.4) is 0 Å². The molecule has 1 aromatic rings. The predicted octanol–water partition coefficient (Wildman–Crippen LogP) is 0.994. The van der Waals surface area contributed by atoms with E-state index in [0.717, 1.165) is 31.5 Å². The number of hydrogen-bond donors (Lipinski definition) is 3. The third kappa shape index (κ3) is 4.54. The lowest BCUT2D eigenvalue weighted by Crippen LogP contribution is -2.55. The Hall–Kier alpha value is -1.59. The van der Waals surface area contributed by atoms with E-state index in [1.54, 1.807) is 0 Å². The molecule has 5 nitrogen and oxygen atoms in total. The molecule has 0 aromatic heterocycles. The molecule has 0 bridgehead atoms. The third-order valence-electron chi connectivity index (χ3n) is 3.40. The second-order valence-electron chi connectivity index (χ2n) is 5.03. The molecule has 5 heteroatoms. The summed E-state index contributed by atoms with van der Waals surface area (Å²) >= 11 is 0. The molecule has 1 saturated heterocycles. The van der Waals surface area contributed by atoms with Gasteiger partial charge in [0.15, 0.2) is 0 Å². The first-order chi connectivity index (χ1) is 9.18. The summed E-state index contributed by atoms with van der Waals surface area (Å²) in [6, 6.07) is 9.61. The molecule has 0 unspecified atom stereocenters. The third-order valence-corrected chi connectivity index (χ3v) is 3.40. The molecule has 1 fully saturated rings. The number of amides is 1. The zero-order valence-electron chi connectivity index (χ0n) is 11.0. The van der Waals surface area contributed by atoms with Gasteiger partial charge in [-0.25, -0.2) is 4.79 Å². The van der Waals surface area contributed by atoms with Crippen molar-refractivity contribution in [2.75, 3.05) is 19.6 Å². The number of piperidine rings is 1. The summed E-state index contributed by atoms with van der Waals surface area (Å²) in [6.07, 6.45) is 1.32. The van der Waals surface area contributed by atoms with Gasteiger partial charge in [0.05, 0.1) is 0 Å². The lowest BCUT2D eigenvalue weighted by molar-refractivity contribution is 0.135. The van der Waals surface area contributed by atoms with Crippen LogP contribution < -0.4 is 16.4 Å². The predicted molar refractivity (Wildman–Crippen MR) is 73.7 cm³/mol. The van der Waals surface area contributed by atoms with Crippen molar-refractivity contribution in [1.82, 2.24) is 10.6 Å². The SMILES string of the molecule is NC1(CNC(=O)OCc2ccccc2)CCNCC1. The van der Waals surface area contributed by atoms with Crippen LogP contribution in [-0.4, -0.2) is 31.3 Å². The Kier molecular flexibility index (Phi) is 4.76. The van der Waals surface area contributed by atoms with Crippen LogP contribution in [0.1, 0.15) is 18.4 Å². The van der Waals surface area contributed by atoms with Crippen LogP contribution in [0.2, 0.25) is 0 Å². The van der Waals surface area contributed by atoms with Gasteiger partial charge in [0.25, 0.3) is 0 Å². The monoisotopic (exact) mass is 263 g/mol. The Balaban J connectivity index is 1.70. The molecule has 4 N–H and O–H groups in total. The number of rotatable bonds is 4. The van der Waals surface area contributed by atoms with E-state index in [1.807, 2.05) is 30.3 Å². The van der Waals surface area contributed by atoms with E-state index in [1.165, 1.54) is 0 Å². The van der Waals surface area contributed by atoms with Crippen LogP contribution in [0.4, 0.5) is 4.79 Å². The van der Waals surface area contributed by atoms with Gasteiger partial charge in [0, 0.05) is 12.1 Å². The Bertz CT molecular complexity index is 402. The molecule has 0 atom stereocenters. The minimum absolute atomic E-state index is 0.284. The number of benzene rings is 1. The standard InChI is InChI=1S/C14H21N3O2/c15-14(6-8-16-9-7-14)11-17-13(18)19-10-12-4-2-1-3-5-12/h1-5,16H,6-11,15H2,(H,17,18). The molecule has 19 heavy (non-hydrogen) atoms. The Morgan fingerprint density at radius 2 is 2.00 bits per heavy atom. The number of hydrogen-bond acceptors (Lipinski definition) is 4. The fourth-order valence-electron chi connectivity index (χ4n) is 2.12. The maximum Gasteiger partial charge on any atom is 0.407 e. The highest BCUT2D eigenvalue weighted by Crippen LogP contribution is 2.13. The van der Waals surface area contributed by atoms with Gasteiger partial charge in [-0.15, -0.1) is 0 Å². The maximum absolute atomic E-state index is 11.6. The quantitative estimate of drug-likeness (QED) is 0.757. The fourth-order valence-corrected chi connectivity index (χ4v) is 2.12. The topological polar surface area (TPSA) is 76.4 Å². The average Bonchev–Trinajstić information content (AvgIpc) is 2.45. The van der Waals surface area contributed by atoms with Gasteiger partial charge in [-0.1, -0.05) is 30.3 Å². The van der Waals surface area contributed by atoms with E-state index >= 15 is 0 Å². The van der Waals surface area contributed by atoms with E-state index in [0.29, 0.717) is 6.54 Å². The highest BCUT2D eigenvalue weighted by molar-refractivity contribution is 5.67. The second kappa shape index (κ2) is 6.54. The molecule has 0 radical (unpaired) electrons. The lowest BCUT2D eigenvalue weighted by atomic mass is 9.90. The minimum Gasteiger partial charge on any atom is -0.445 e. The van der Waals surface area contributed by atoms with Crippen LogP contribution in [0.25, 0.3) is 0 Å². The van der Waals surface area contributed by atoms with E-state index in [2.05, 4.69) is 10.6 Å². The molecule has 1 aromatic carbocycles. The Morgan fingerprint density at radius 1 is 1.32 bits per heavy atom. The van der Waals surface area contributed by atoms with Crippen molar-refractivity contribution in [3.63, 3.8) is 0 Å². The van der Waals surface area contributed by atoms with E-state index in [9.17, 15) is 4.79 Å². The van der Waals surface area contributed by atoms with Crippen LogP contribution in [0.15, 0.2) is 30.3 Å². The molecule has 1 aliphatic heterocycles. The number of alkyl carbamates (subject to hydrolysis) is 1. The van der Waals surface area contributed by atoms with Crippen molar-refractivity contribution in [2.45, 2.75) is 25.0 Å². The summed E-state index contributed by atoms with van der Waals surface area (Å²) in [4.78, 5) is 11.6. The van der Waals surface area contributed by atoms with Gasteiger partial charge in [0.1, 0.15) is 6.61 Å². The molecule has 1 aliphatic rings. The number of ether oxygens (including phenoxy) is 1. The number of carbonyl (C=O) groups is 1. The van der Waals surface area contributed by atoms with Gasteiger partial charge in [-0.05, 0) is 31.5 Å². The van der Waals surface area contributed by atoms with Crippen LogP contribution in [-0.2, 0) is 11.3 Å². The first kappa shape index (κ1) is 13.8. The summed E-state index contributed by atoms with van der Waals surface area (Å²) < 4.78 is 5.14. The number of carbonyl (C=O) groups excluding carboxylic acids is 1. The molecule has 104 valence electrons. The molecule has 1 heterocycles. The summed E-state index contributed by atoms with van der Waals surface area (Å²) in [5, 5.41) is 6.00. The summed E-state index contributed by atoms with van der Waals surface area (Å²) in [6.45, 7) is 2.54. The van der Waals surface area contributed by atoms with E-state index in [-0.39, 0.29) is 12.1 Å². The first-order valence-electron chi connectivity index (χ1n) is 6.62. The van der Waals surface area contributed by atoms with Crippen molar-refractivity contribution < 1.29 is 9.53 Å². The van der Waals surface area contributed by atoms with Crippen molar-refractivity contribution in [3.8, 4) is 0 Å². The van der Waals surface area contributed by atoms with E-state index < -0.39 is 6.09 Å². The van der Waals surface area contributed by atoms with Crippen LogP contribution in [0, 0.1) is 0 Å². The van der Waals surface area contributed by atoms with Crippen LogP contribution in [0.5, 0.6) is 0 Å². The smallest absolute Gasteiger partial charge is 0.407 e.